The van der Waals surface area contributed by atoms with E-state index >= 15 is 0 Å². The molecule has 0 aromatic heterocycles. The second-order valence-corrected chi connectivity index (χ2v) is 7.14. The monoisotopic (exact) mass is 325 g/mol. The SMILES string of the molecule is COc1ccc(C(N)c2cccc(S(C)(=O)=O)c2)cc1Cl. The molecule has 21 heavy (non-hydrogen) atoms. The van der Waals surface area contributed by atoms with Crippen molar-refractivity contribution in [3.63, 3.8) is 0 Å². The largest absolute Gasteiger partial charge is 0.495 e. The van der Waals surface area contributed by atoms with E-state index in [4.69, 9.17) is 22.1 Å². The molecule has 2 aromatic carbocycles. The molecule has 4 nitrogen and oxygen atoms in total. The van der Waals surface area contributed by atoms with Gasteiger partial charge in [-0.25, -0.2) is 8.42 Å². The predicted molar refractivity (Wildman–Crippen MR) is 83.6 cm³/mol. The van der Waals surface area contributed by atoms with Crippen molar-refractivity contribution in [2.45, 2.75) is 10.9 Å². The number of sulfone groups is 1. The third kappa shape index (κ3) is 3.56. The second kappa shape index (κ2) is 6.05. The summed E-state index contributed by atoms with van der Waals surface area (Å²) in [7, 11) is -1.72. The first-order chi connectivity index (χ1) is 9.82. The van der Waals surface area contributed by atoms with Crippen LogP contribution in [0.2, 0.25) is 5.02 Å². The average molecular weight is 326 g/mol. The quantitative estimate of drug-likeness (QED) is 0.938. The molecule has 2 aromatic rings. The molecule has 0 radical (unpaired) electrons. The first kappa shape index (κ1) is 15.8. The molecule has 0 aliphatic carbocycles. The standard InChI is InChI=1S/C15H16ClNO3S/c1-20-14-7-6-11(9-13(14)16)15(17)10-4-3-5-12(8-10)21(2,18)19/h3-9,15H,17H2,1-2H3. The first-order valence-corrected chi connectivity index (χ1v) is 8.49. The summed E-state index contributed by atoms with van der Waals surface area (Å²) >= 11 is 6.09. The van der Waals surface area contributed by atoms with Gasteiger partial charge in [-0.2, -0.15) is 0 Å². The maximum absolute atomic E-state index is 11.6. The number of hydrogen-bond acceptors (Lipinski definition) is 4. The van der Waals surface area contributed by atoms with Gasteiger partial charge in [-0.1, -0.05) is 29.8 Å². The molecule has 0 bridgehead atoms. The van der Waals surface area contributed by atoms with Gasteiger partial charge in [0.2, 0.25) is 0 Å². The van der Waals surface area contributed by atoms with E-state index in [2.05, 4.69) is 0 Å². The zero-order valence-electron chi connectivity index (χ0n) is 11.7. The van der Waals surface area contributed by atoms with Crippen molar-refractivity contribution >= 4 is 21.4 Å². The lowest BCUT2D eigenvalue weighted by molar-refractivity contribution is 0.415. The van der Waals surface area contributed by atoms with E-state index in [1.54, 1.807) is 36.4 Å². The third-order valence-corrected chi connectivity index (χ3v) is 4.59. The van der Waals surface area contributed by atoms with Crippen LogP contribution in [-0.2, 0) is 9.84 Å². The minimum absolute atomic E-state index is 0.245. The molecule has 1 atom stereocenters. The van der Waals surface area contributed by atoms with Crippen LogP contribution in [0.3, 0.4) is 0 Å². The Morgan fingerprint density at radius 3 is 2.38 bits per heavy atom. The highest BCUT2D eigenvalue weighted by atomic mass is 35.5. The molecule has 0 saturated carbocycles. The molecule has 112 valence electrons. The van der Waals surface area contributed by atoms with E-state index in [1.165, 1.54) is 13.4 Å². The number of ether oxygens (including phenoxy) is 1. The van der Waals surface area contributed by atoms with Gasteiger partial charge in [-0.3, -0.25) is 0 Å². The topological polar surface area (TPSA) is 69.4 Å². The summed E-state index contributed by atoms with van der Waals surface area (Å²) in [6, 6.07) is 11.4. The smallest absolute Gasteiger partial charge is 0.175 e. The molecule has 0 heterocycles. The normalized spacial score (nSPS) is 13.0. The molecular formula is C15H16ClNO3S. The Morgan fingerprint density at radius 2 is 1.81 bits per heavy atom. The maximum Gasteiger partial charge on any atom is 0.175 e. The third-order valence-electron chi connectivity index (χ3n) is 3.18. The van der Waals surface area contributed by atoms with Crippen LogP contribution < -0.4 is 10.5 Å². The van der Waals surface area contributed by atoms with E-state index in [0.29, 0.717) is 16.3 Å². The van der Waals surface area contributed by atoms with Gasteiger partial charge in [0.05, 0.1) is 23.1 Å². The number of nitrogens with two attached hydrogens (primary N) is 1. The van der Waals surface area contributed by atoms with Gasteiger partial charge in [0.25, 0.3) is 0 Å². The molecule has 0 aliphatic heterocycles. The molecule has 2 N–H and O–H groups in total. The zero-order chi connectivity index (χ0) is 15.6. The molecule has 6 heteroatoms. The fourth-order valence-corrected chi connectivity index (χ4v) is 2.95. The van der Waals surface area contributed by atoms with Gasteiger partial charge in [0, 0.05) is 6.26 Å². The van der Waals surface area contributed by atoms with Gasteiger partial charge < -0.3 is 10.5 Å². The van der Waals surface area contributed by atoms with Crippen molar-refractivity contribution in [1.29, 1.82) is 0 Å². The summed E-state index contributed by atoms with van der Waals surface area (Å²) in [4.78, 5) is 0.245. The molecule has 1 unspecified atom stereocenters. The van der Waals surface area contributed by atoms with Gasteiger partial charge in [-0.15, -0.1) is 0 Å². The van der Waals surface area contributed by atoms with Crippen molar-refractivity contribution in [3.8, 4) is 5.75 Å². The van der Waals surface area contributed by atoms with Gasteiger partial charge in [0.1, 0.15) is 5.75 Å². The number of hydrogen-bond donors (Lipinski definition) is 1. The Labute approximate surface area is 129 Å². The van der Waals surface area contributed by atoms with E-state index in [1.807, 2.05) is 6.07 Å². The van der Waals surface area contributed by atoms with E-state index in [-0.39, 0.29) is 4.90 Å². The summed E-state index contributed by atoms with van der Waals surface area (Å²) in [5, 5.41) is 0.463. The lowest BCUT2D eigenvalue weighted by Gasteiger charge is -2.15. The number of halogens is 1. The van der Waals surface area contributed by atoms with Crippen LogP contribution in [0.4, 0.5) is 0 Å². The van der Waals surface area contributed by atoms with Crippen LogP contribution in [0.5, 0.6) is 5.75 Å². The summed E-state index contributed by atoms with van der Waals surface area (Å²) in [5.74, 6) is 0.567. The van der Waals surface area contributed by atoms with Crippen molar-refractivity contribution in [2.24, 2.45) is 5.73 Å². The van der Waals surface area contributed by atoms with Crippen LogP contribution in [-0.4, -0.2) is 21.8 Å². The molecule has 0 fully saturated rings. The fraction of sp³-hybridized carbons (Fsp3) is 0.200. The predicted octanol–water partition coefficient (Wildman–Crippen LogP) is 2.80. The Bertz CT molecular complexity index is 759. The molecule has 0 saturated heterocycles. The lowest BCUT2D eigenvalue weighted by atomic mass is 10.00. The van der Waals surface area contributed by atoms with Crippen molar-refractivity contribution in [3.05, 3.63) is 58.6 Å². The number of rotatable bonds is 4. The Balaban J connectivity index is 2.40. The fourth-order valence-electron chi connectivity index (χ4n) is 2.01. The van der Waals surface area contributed by atoms with E-state index in [9.17, 15) is 8.42 Å². The van der Waals surface area contributed by atoms with Crippen molar-refractivity contribution in [1.82, 2.24) is 0 Å². The summed E-state index contributed by atoms with van der Waals surface area (Å²) < 4.78 is 28.3. The Kier molecular flexibility index (Phi) is 4.56. The summed E-state index contributed by atoms with van der Waals surface area (Å²) in [5.41, 5.74) is 7.69. The van der Waals surface area contributed by atoms with E-state index < -0.39 is 15.9 Å². The van der Waals surface area contributed by atoms with E-state index in [0.717, 1.165) is 5.56 Å². The van der Waals surface area contributed by atoms with Crippen LogP contribution in [0, 0.1) is 0 Å². The van der Waals surface area contributed by atoms with Crippen LogP contribution in [0.15, 0.2) is 47.4 Å². The van der Waals surface area contributed by atoms with Crippen molar-refractivity contribution < 1.29 is 13.2 Å². The van der Waals surface area contributed by atoms with Gasteiger partial charge in [0.15, 0.2) is 9.84 Å². The minimum atomic E-state index is -3.26. The van der Waals surface area contributed by atoms with Crippen molar-refractivity contribution in [2.75, 3.05) is 13.4 Å². The van der Waals surface area contributed by atoms with Gasteiger partial charge in [-0.05, 0) is 35.4 Å². The molecule has 2 rings (SSSR count). The Hall–Kier alpha value is -1.56. The van der Waals surface area contributed by atoms with Crippen LogP contribution in [0.1, 0.15) is 17.2 Å². The van der Waals surface area contributed by atoms with Gasteiger partial charge >= 0.3 is 0 Å². The molecule has 0 amide bonds. The zero-order valence-corrected chi connectivity index (χ0v) is 13.3. The maximum atomic E-state index is 11.6. The number of methoxy groups -OCH3 is 1. The Morgan fingerprint density at radius 1 is 1.14 bits per heavy atom. The molecule has 0 spiro atoms. The molecular weight excluding hydrogens is 310 g/mol. The molecule has 0 aliphatic rings. The lowest BCUT2D eigenvalue weighted by Crippen LogP contribution is -2.12. The number of benzene rings is 2. The average Bonchev–Trinajstić information content (AvgIpc) is 2.45. The highest BCUT2D eigenvalue weighted by Gasteiger charge is 2.14. The minimum Gasteiger partial charge on any atom is -0.495 e. The highest BCUT2D eigenvalue weighted by molar-refractivity contribution is 7.90. The second-order valence-electron chi connectivity index (χ2n) is 4.72. The van der Waals surface area contributed by atoms with Crippen LogP contribution >= 0.6 is 11.6 Å². The van der Waals surface area contributed by atoms with Crippen LogP contribution in [0.25, 0.3) is 0 Å². The first-order valence-electron chi connectivity index (χ1n) is 6.22. The summed E-state index contributed by atoms with van der Waals surface area (Å²) in [6.45, 7) is 0. The highest BCUT2D eigenvalue weighted by Crippen LogP contribution is 2.29. The summed E-state index contributed by atoms with van der Waals surface area (Å²) in [6.07, 6.45) is 1.17.